The van der Waals surface area contributed by atoms with Crippen LogP contribution in [0.5, 0.6) is 0 Å². The molecule has 0 unspecified atom stereocenters. The van der Waals surface area contributed by atoms with Crippen molar-refractivity contribution in [3.63, 3.8) is 0 Å². The number of hydrogen-bond donors (Lipinski definition) is 2. The van der Waals surface area contributed by atoms with Gasteiger partial charge >= 0.3 is 0 Å². The molecule has 176 valence electrons. The maximum atomic E-state index is 12.7. The van der Waals surface area contributed by atoms with Gasteiger partial charge in [0, 0.05) is 17.8 Å². The van der Waals surface area contributed by atoms with Crippen molar-refractivity contribution >= 4 is 28.6 Å². The van der Waals surface area contributed by atoms with Crippen LogP contribution in [0.3, 0.4) is 0 Å². The molecule has 0 aliphatic heterocycles. The summed E-state index contributed by atoms with van der Waals surface area (Å²) < 4.78 is 2.04. The Hall–Kier alpha value is -3.60. The van der Waals surface area contributed by atoms with Gasteiger partial charge in [0.2, 0.25) is 5.95 Å². The molecule has 0 aliphatic carbocycles. The Labute approximate surface area is 202 Å². The number of rotatable bonds is 11. The highest BCUT2D eigenvalue weighted by Crippen LogP contribution is 2.23. The van der Waals surface area contributed by atoms with Crippen LogP contribution in [0.25, 0.3) is 11.0 Å². The number of carbonyl (C=O) groups excluding carboxylic acids is 1. The molecular formula is C29H34N4O. The topological polar surface area (TPSA) is 72.9 Å². The SMILES string of the molecule is CCCCCCc1ccc(C(=O)Nc2ccc3c(c2)nc(N)n3CCCc2ccccc2)cc1. The zero-order valence-corrected chi connectivity index (χ0v) is 20.0. The fraction of sp³-hybridized carbons (Fsp3) is 0.310. The van der Waals surface area contributed by atoms with Gasteiger partial charge in [-0.1, -0.05) is 68.7 Å². The van der Waals surface area contributed by atoms with E-state index in [2.05, 4.69) is 53.6 Å². The van der Waals surface area contributed by atoms with Crippen molar-refractivity contribution in [3.8, 4) is 0 Å². The second kappa shape index (κ2) is 11.5. The number of anilines is 2. The molecule has 5 heteroatoms. The van der Waals surface area contributed by atoms with E-state index in [1.54, 1.807) is 0 Å². The van der Waals surface area contributed by atoms with Crippen molar-refractivity contribution in [1.29, 1.82) is 0 Å². The molecule has 1 heterocycles. The van der Waals surface area contributed by atoms with Crippen LogP contribution < -0.4 is 11.1 Å². The number of carbonyl (C=O) groups is 1. The molecule has 3 aromatic carbocycles. The molecule has 3 N–H and O–H groups in total. The number of nitrogens with zero attached hydrogens (tertiary/aromatic N) is 2. The summed E-state index contributed by atoms with van der Waals surface area (Å²) in [4.78, 5) is 17.3. The van der Waals surface area contributed by atoms with Crippen molar-refractivity contribution in [3.05, 3.63) is 89.5 Å². The summed E-state index contributed by atoms with van der Waals surface area (Å²) in [6.45, 7) is 3.02. The van der Waals surface area contributed by atoms with Crippen LogP contribution in [0, 0.1) is 0 Å². The Kier molecular flexibility index (Phi) is 7.97. The van der Waals surface area contributed by atoms with E-state index in [0.29, 0.717) is 11.5 Å². The predicted molar refractivity (Wildman–Crippen MR) is 141 cm³/mol. The first kappa shape index (κ1) is 23.6. The van der Waals surface area contributed by atoms with E-state index in [0.717, 1.165) is 42.5 Å². The van der Waals surface area contributed by atoms with Crippen molar-refractivity contribution < 1.29 is 4.79 Å². The molecule has 0 fully saturated rings. The minimum atomic E-state index is -0.118. The van der Waals surface area contributed by atoms with Crippen molar-refractivity contribution in [2.24, 2.45) is 0 Å². The van der Waals surface area contributed by atoms with E-state index < -0.39 is 0 Å². The highest BCUT2D eigenvalue weighted by atomic mass is 16.1. The monoisotopic (exact) mass is 454 g/mol. The average molecular weight is 455 g/mol. The van der Waals surface area contributed by atoms with Crippen LogP contribution in [0.4, 0.5) is 11.6 Å². The van der Waals surface area contributed by atoms with Gasteiger partial charge in [0.1, 0.15) is 0 Å². The Morgan fingerprint density at radius 2 is 1.62 bits per heavy atom. The Morgan fingerprint density at radius 3 is 2.38 bits per heavy atom. The van der Waals surface area contributed by atoms with Gasteiger partial charge in [0.15, 0.2) is 0 Å². The number of nitrogens with one attached hydrogen (secondary N) is 1. The first-order valence-corrected chi connectivity index (χ1v) is 12.3. The van der Waals surface area contributed by atoms with Crippen LogP contribution in [-0.2, 0) is 19.4 Å². The summed E-state index contributed by atoms with van der Waals surface area (Å²) in [6.07, 6.45) is 8.01. The summed E-state index contributed by atoms with van der Waals surface area (Å²) in [7, 11) is 0. The summed E-state index contributed by atoms with van der Waals surface area (Å²) in [5.74, 6) is 0.383. The van der Waals surface area contributed by atoms with E-state index in [-0.39, 0.29) is 5.91 Å². The third-order valence-electron chi connectivity index (χ3n) is 6.26. The standard InChI is InChI=1S/C29H34N4O/c1-2-3-4-6-12-23-14-16-24(17-15-23)28(34)31-25-18-19-27-26(21-25)32-29(30)33(27)20-9-13-22-10-7-5-8-11-22/h5,7-8,10-11,14-19,21H,2-4,6,9,12-13,20H2,1H3,(H2,30,32)(H,31,34). The van der Waals surface area contributed by atoms with Crippen molar-refractivity contribution in [2.75, 3.05) is 11.1 Å². The zero-order valence-electron chi connectivity index (χ0n) is 20.0. The lowest BCUT2D eigenvalue weighted by molar-refractivity contribution is 0.102. The Bertz CT molecular complexity index is 1210. The summed E-state index contributed by atoms with van der Waals surface area (Å²) in [6, 6.07) is 24.2. The van der Waals surface area contributed by atoms with Crippen LogP contribution in [0.15, 0.2) is 72.8 Å². The molecule has 0 radical (unpaired) electrons. The lowest BCUT2D eigenvalue weighted by atomic mass is 10.0. The number of fused-ring (bicyclic) bond motifs is 1. The maximum absolute atomic E-state index is 12.7. The van der Waals surface area contributed by atoms with Gasteiger partial charge in [-0.05, 0) is 67.1 Å². The third-order valence-corrected chi connectivity index (χ3v) is 6.26. The number of hydrogen-bond acceptors (Lipinski definition) is 3. The number of unbranched alkanes of at least 4 members (excludes halogenated alkanes) is 3. The summed E-state index contributed by atoms with van der Waals surface area (Å²) >= 11 is 0. The fourth-order valence-corrected chi connectivity index (χ4v) is 4.33. The predicted octanol–water partition coefficient (Wildman–Crippen LogP) is 6.63. The van der Waals surface area contributed by atoms with Crippen molar-refractivity contribution in [1.82, 2.24) is 9.55 Å². The second-order valence-electron chi connectivity index (χ2n) is 8.88. The molecule has 0 saturated heterocycles. The van der Waals surface area contributed by atoms with E-state index in [4.69, 9.17) is 5.73 Å². The molecule has 0 spiro atoms. The highest BCUT2D eigenvalue weighted by Gasteiger charge is 2.11. The molecular weight excluding hydrogens is 420 g/mol. The number of nitrogen functional groups attached to an aromatic ring is 1. The van der Waals surface area contributed by atoms with E-state index >= 15 is 0 Å². The van der Waals surface area contributed by atoms with Crippen molar-refractivity contribution in [2.45, 2.75) is 58.4 Å². The van der Waals surface area contributed by atoms with Gasteiger partial charge in [0.25, 0.3) is 5.91 Å². The number of aromatic nitrogens is 2. The summed E-state index contributed by atoms with van der Waals surface area (Å²) in [5.41, 5.74) is 11.9. The molecule has 34 heavy (non-hydrogen) atoms. The first-order chi connectivity index (χ1) is 16.6. The van der Waals surface area contributed by atoms with Gasteiger partial charge in [-0.15, -0.1) is 0 Å². The number of nitrogens with two attached hydrogens (primary N) is 1. The van der Waals surface area contributed by atoms with Gasteiger partial charge in [0.05, 0.1) is 11.0 Å². The quantitative estimate of drug-likeness (QED) is 0.250. The molecule has 1 aromatic heterocycles. The van der Waals surface area contributed by atoms with Crippen LogP contribution in [0.1, 0.15) is 60.5 Å². The molecule has 0 saturated carbocycles. The van der Waals surface area contributed by atoms with Crippen LogP contribution in [0.2, 0.25) is 0 Å². The second-order valence-corrected chi connectivity index (χ2v) is 8.88. The summed E-state index contributed by atoms with van der Waals surface area (Å²) in [5, 5.41) is 2.99. The minimum Gasteiger partial charge on any atom is -0.369 e. The smallest absolute Gasteiger partial charge is 0.255 e. The number of benzene rings is 3. The normalized spacial score (nSPS) is 11.1. The average Bonchev–Trinajstić information content (AvgIpc) is 3.17. The Morgan fingerprint density at radius 1 is 0.882 bits per heavy atom. The van der Waals surface area contributed by atoms with E-state index in [1.807, 2.05) is 41.0 Å². The molecule has 0 aliphatic rings. The third kappa shape index (κ3) is 6.04. The number of imidazole rings is 1. The first-order valence-electron chi connectivity index (χ1n) is 12.3. The number of amides is 1. The lowest BCUT2D eigenvalue weighted by Gasteiger charge is -2.08. The van der Waals surface area contributed by atoms with Gasteiger partial charge in [-0.3, -0.25) is 4.79 Å². The van der Waals surface area contributed by atoms with E-state index in [9.17, 15) is 4.79 Å². The largest absolute Gasteiger partial charge is 0.369 e. The lowest BCUT2D eigenvalue weighted by Crippen LogP contribution is -2.11. The van der Waals surface area contributed by atoms with Crippen LogP contribution >= 0.6 is 0 Å². The minimum absolute atomic E-state index is 0.118. The molecule has 1 amide bonds. The van der Waals surface area contributed by atoms with E-state index in [1.165, 1.54) is 36.8 Å². The van der Waals surface area contributed by atoms with Gasteiger partial charge in [-0.2, -0.15) is 0 Å². The maximum Gasteiger partial charge on any atom is 0.255 e. The highest BCUT2D eigenvalue weighted by molar-refractivity contribution is 6.05. The molecule has 4 rings (SSSR count). The van der Waals surface area contributed by atoms with Crippen LogP contribution in [-0.4, -0.2) is 15.5 Å². The zero-order chi connectivity index (χ0) is 23.8. The Balaban J connectivity index is 1.36. The molecule has 5 nitrogen and oxygen atoms in total. The molecule has 0 bridgehead atoms. The number of aryl methyl sites for hydroxylation is 3. The molecule has 0 atom stereocenters. The fourth-order valence-electron chi connectivity index (χ4n) is 4.33. The van der Waals surface area contributed by atoms with Gasteiger partial charge in [-0.25, -0.2) is 4.98 Å². The molecule has 4 aromatic rings. The van der Waals surface area contributed by atoms with Gasteiger partial charge < -0.3 is 15.6 Å².